The summed E-state index contributed by atoms with van der Waals surface area (Å²) in [5.41, 5.74) is 0. The van der Waals surface area contributed by atoms with E-state index in [0.717, 1.165) is 19.3 Å². The van der Waals surface area contributed by atoms with Gasteiger partial charge in [0.05, 0.1) is 0 Å². The third kappa shape index (κ3) is 445. The topological polar surface area (TPSA) is 17.1 Å². The van der Waals surface area contributed by atoms with E-state index in [4.69, 9.17) is 0 Å². The van der Waals surface area contributed by atoms with E-state index in [0.29, 0.717) is 5.78 Å². The van der Waals surface area contributed by atoms with Gasteiger partial charge >= 0.3 is 73.1 Å². The van der Waals surface area contributed by atoms with Crippen LogP contribution in [-0.2, 0) is 4.79 Å². The third-order valence-electron chi connectivity index (χ3n) is 0.882. The van der Waals surface area contributed by atoms with E-state index < -0.39 is 21.8 Å². The number of hydrogen-bond donors (Lipinski definition) is 0. The van der Waals surface area contributed by atoms with Crippen molar-refractivity contribution in [2.45, 2.75) is 33.1 Å². The zero-order chi connectivity index (χ0) is 19.2. The summed E-state index contributed by atoms with van der Waals surface area (Å²) in [6.07, 6.45) is 2.94. The molecular formula is C6H13B3F12KO-3. The maximum atomic E-state index is 10.2. The fourth-order valence-corrected chi connectivity index (χ4v) is 0.426. The second kappa shape index (κ2) is 17.5. The predicted octanol–water partition coefficient (Wildman–Crippen LogP) is 2.78. The molecule has 0 bridgehead atoms. The number of halogens is 12. The molecule has 0 aromatic rings. The summed E-state index contributed by atoms with van der Waals surface area (Å²) >= 11 is 0. The van der Waals surface area contributed by atoms with E-state index >= 15 is 0 Å². The molecule has 0 unspecified atom stereocenters. The van der Waals surface area contributed by atoms with E-state index in [1.807, 2.05) is 0 Å². The summed E-state index contributed by atoms with van der Waals surface area (Å²) in [5.74, 6) is 0.307. The minimum absolute atomic E-state index is 0. The standard InChI is InChI=1S/C6H12O.3BF4.K.H/c1-3-4-5-6(2)7;3*2-1(3,4)5;;/h3-5H2,1-2H3;;;;;/q;3*-1;+1;-1. The van der Waals surface area contributed by atoms with Gasteiger partial charge in [-0.1, -0.05) is 13.3 Å². The van der Waals surface area contributed by atoms with Crippen molar-refractivity contribution in [1.82, 2.24) is 0 Å². The summed E-state index contributed by atoms with van der Waals surface area (Å²) in [7, 11) is -18.0. The van der Waals surface area contributed by atoms with Crippen LogP contribution in [0.15, 0.2) is 0 Å². The van der Waals surface area contributed by atoms with E-state index in [1.165, 1.54) is 0 Å². The molecule has 0 aliphatic rings. The number of carbonyl (C=O) groups excluding carboxylic acids is 1. The van der Waals surface area contributed by atoms with Gasteiger partial charge in [0.25, 0.3) is 0 Å². The van der Waals surface area contributed by atoms with Crippen LogP contribution in [0.2, 0.25) is 0 Å². The second-order valence-corrected chi connectivity index (χ2v) is 3.29. The van der Waals surface area contributed by atoms with Crippen molar-refractivity contribution in [3.05, 3.63) is 0 Å². The molecule has 140 valence electrons. The average molecular weight is 401 g/mol. The molecule has 0 aliphatic heterocycles. The molecule has 0 radical (unpaired) electrons. The predicted molar refractivity (Wildman–Crippen MR) is 61.9 cm³/mol. The first-order chi connectivity index (χ1) is 9.27. The Hall–Kier alpha value is 0.661. The fraction of sp³-hybridized carbons (Fsp3) is 0.833. The molecule has 0 rings (SSSR count). The Bertz CT molecular complexity index is 224. The molecule has 1 nitrogen and oxygen atoms in total. The molecule has 0 fully saturated rings. The zero-order valence-corrected chi connectivity index (χ0v) is 15.4. The Morgan fingerprint density at radius 1 is 0.739 bits per heavy atom. The van der Waals surface area contributed by atoms with Crippen LogP contribution in [0, 0.1) is 0 Å². The Morgan fingerprint density at radius 3 is 0.957 bits per heavy atom. The Morgan fingerprint density at radius 2 is 0.913 bits per heavy atom. The SMILES string of the molecule is CCCCC(C)=O.F[B-](F)(F)F.F[B-](F)(F)F.F[B-](F)(F)F.[H-].[K+]. The van der Waals surface area contributed by atoms with Gasteiger partial charge in [-0.3, -0.25) is 0 Å². The van der Waals surface area contributed by atoms with Crippen LogP contribution in [0.5, 0.6) is 0 Å². The van der Waals surface area contributed by atoms with Crippen molar-refractivity contribution in [2.75, 3.05) is 0 Å². The van der Waals surface area contributed by atoms with Gasteiger partial charge in [-0.2, -0.15) is 0 Å². The average Bonchev–Trinajstić information content (AvgIpc) is 2.05. The molecule has 23 heavy (non-hydrogen) atoms. The number of hydrogen-bond acceptors (Lipinski definition) is 1. The molecule has 0 aromatic heterocycles. The van der Waals surface area contributed by atoms with E-state index in [9.17, 15) is 56.6 Å². The van der Waals surface area contributed by atoms with Gasteiger partial charge in [-0.15, -0.1) is 0 Å². The van der Waals surface area contributed by atoms with Gasteiger partial charge in [-0.25, -0.2) is 0 Å². The normalized spacial score (nSPS) is 10.5. The quantitative estimate of drug-likeness (QED) is 0.526. The molecule has 0 N–H and O–H groups in total. The second-order valence-electron chi connectivity index (χ2n) is 3.29. The number of carbonyl (C=O) groups is 1. The first-order valence-corrected chi connectivity index (χ1v) is 5.38. The monoisotopic (exact) mass is 401 g/mol. The van der Waals surface area contributed by atoms with Gasteiger partial charge in [-0.05, 0) is 13.3 Å². The molecule has 0 saturated heterocycles. The third-order valence-corrected chi connectivity index (χ3v) is 0.882. The van der Waals surface area contributed by atoms with Crippen LogP contribution in [0.3, 0.4) is 0 Å². The van der Waals surface area contributed by atoms with Crippen molar-refractivity contribution in [2.24, 2.45) is 0 Å². The maximum absolute atomic E-state index is 10.2. The number of ketones is 1. The van der Waals surface area contributed by atoms with Crippen LogP contribution in [-0.4, -0.2) is 27.5 Å². The molecular weight excluding hydrogens is 388 g/mol. The fourth-order valence-electron chi connectivity index (χ4n) is 0.426. The maximum Gasteiger partial charge on any atom is 1.00 e. The van der Waals surface area contributed by atoms with Crippen LogP contribution < -0.4 is 51.4 Å². The first kappa shape index (κ1) is 34.9. The Balaban J connectivity index is -0.0000000443. The molecule has 0 atom stereocenters. The summed E-state index contributed by atoms with van der Waals surface area (Å²) in [5, 5.41) is 0. The summed E-state index contributed by atoms with van der Waals surface area (Å²) in [6.45, 7) is 3.72. The minimum Gasteiger partial charge on any atom is -1.00 e. The van der Waals surface area contributed by atoms with Gasteiger partial charge in [0, 0.05) is 6.42 Å². The summed E-state index contributed by atoms with van der Waals surface area (Å²) < 4.78 is 117. The van der Waals surface area contributed by atoms with Crippen molar-refractivity contribution < 1.29 is 109 Å². The molecule has 0 aromatic carbocycles. The molecule has 0 spiro atoms. The smallest absolute Gasteiger partial charge is 1.00 e. The van der Waals surface area contributed by atoms with Gasteiger partial charge < -0.3 is 58.0 Å². The summed E-state index contributed by atoms with van der Waals surface area (Å²) in [6, 6.07) is 0. The van der Waals surface area contributed by atoms with Crippen LogP contribution in [0.1, 0.15) is 34.5 Å². The number of rotatable bonds is 3. The molecule has 17 heteroatoms. The van der Waals surface area contributed by atoms with Crippen LogP contribution in [0.25, 0.3) is 0 Å². The van der Waals surface area contributed by atoms with Gasteiger partial charge in [0.2, 0.25) is 0 Å². The van der Waals surface area contributed by atoms with Crippen molar-refractivity contribution in [1.29, 1.82) is 0 Å². The van der Waals surface area contributed by atoms with Crippen molar-refractivity contribution >= 4 is 27.5 Å². The Kier molecular flexibility index (Phi) is 26.5. The van der Waals surface area contributed by atoms with E-state index in [2.05, 4.69) is 6.92 Å². The number of unbranched alkanes of at least 4 members (excludes halogenated alkanes) is 1. The van der Waals surface area contributed by atoms with Crippen LogP contribution in [0.4, 0.5) is 51.8 Å². The minimum atomic E-state index is -6.00. The van der Waals surface area contributed by atoms with Crippen LogP contribution >= 0.6 is 0 Å². The summed E-state index contributed by atoms with van der Waals surface area (Å²) in [4.78, 5) is 10.2. The van der Waals surface area contributed by atoms with E-state index in [-0.39, 0.29) is 52.8 Å². The zero-order valence-electron chi connectivity index (χ0n) is 13.3. The largest absolute Gasteiger partial charge is 1.00 e. The molecule has 0 heterocycles. The first-order valence-electron chi connectivity index (χ1n) is 5.38. The van der Waals surface area contributed by atoms with Gasteiger partial charge in [0.15, 0.2) is 0 Å². The molecule has 0 aliphatic carbocycles. The van der Waals surface area contributed by atoms with Crippen molar-refractivity contribution in [3.63, 3.8) is 0 Å². The molecule has 0 saturated carbocycles. The Labute approximate surface area is 169 Å². The molecule has 0 amide bonds. The van der Waals surface area contributed by atoms with Gasteiger partial charge in [0.1, 0.15) is 5.78 Å². The van der Waals surface area contributed by atoms with E-state index in [1.54, 1.807) is 6.92 Å². The number of Topliss-reactive ketones (excluding diaryl/α,β-unsaturated/α-hetero) is 1. The van der Waals surface area contributed by atoms with Crippen molar-refractivity contribution in [3.8, 4) is 0 Å².